The van der Waals surface area contributed by atoms with Crippen molar-refractivity contribution in [1.82, 2.24) is 0 Å². The molecule has 0 atom stereocenters. The van der Waals surface area contributed by atoms with Gasteiger partial charge >= 0.3 is 0 Å². The van der Waals surface area contributed by atoms with Gasteiger partial charge in [-0.1, -0.05) is 0 Å². The Kier molecular flexibility index (Phi) is 5.59. The van der Waals surface area contributed by atoms with Gasteiger partial charge in [0.05, 0.1) is 0 Å². The third-order valence-corrected chi connectivity index (χ3v) is 10.9. The lowest BCUT2D eigenvalue weighted by Crippen LogP contribution is -1.87. The van der Waals surface area contributed by atoms with Crippen LogP contribution < -0.4 is 0 Å². The molecule has 0 saturated carbocycles. The summed E-state index contributed by atoms with van der Waals surface area (Å²) in [6, 6.07) is 7.25. The smallest absolute Gasteiger partial charge is 0.0377 e. The summed E-state index contributed by atoms with van der Waals surface area (Å²) in [5.41, 5.74) is 12.6. The average molecular weight is 451 g/mol. The van der Waals surface area contributed by atoms with Gasteiger partial charge in [-0.25, -0.2) is 0 Å². The van der Waals surface area contributed by atoms with E-state index in [-0.39, 0.29) is 0 Å². The molecule has 0 aliphatic rings. The van der Waals surface area contributed by atoms with Crippen LogP contribution in [0, 0.1) is 62.3 Å². The molecule has 0 radical (unpaired) electrons. The van der Waals surface area contributed by atoms with Crippen molar-refractivity contribution in [2.24, 2.45) is 0 Å². The van der Waals surface area contributed by atoms with Gasteiger partial charge in [0, 0.05) is 29.3 Å². The maximum Gasteiger partial charge on any atom is 0.0377 e. The summed E-state index contributed by atoms with van der Waals surface area (Å²) >= 11 is 5.80. The highest BCUT2D eigenvalue weighted by molar-refractivity contribution is 7.16. The van der Waals surface area contributed by atoms with Gasteiger partial charge in [-0.15, -0.1) is 34.0 Å². The highest BCUT2D eigenvalue weighted by atomic mass is 32.1. The second-order valence-electron chi connectivity index (χ2n) is 8.51. The lowest BCUT2D eigenvalue weighted by molar-refractivity contribution is 1.34. The van der Waals surface area contributed by atoms with Gasteiger partial charge in [0.1, 0.15) is 0 Å². The molecule has 4 rings (SSSR count). The van der Waals surface area contributed by atoms with Crippen LogP contribution in [0.5, 0.6) is 0 Å². The summed E-state index contributed by atoms with van der Waals surface area (Å²) in [5.74, 6) is 0. The second kappa shape index (κ2) is 7.78. The minimum Gasteiger partial charge on any atom is -0.140 e. The molecule has 0 N–H and O–H groups in total. The first kappa shape index (κ1) is 21.5. The van der Waals surface area contributed by atoms with E-state index < -0.39 is 0 Å². The van der Waals surface area contributed by atoms with Crippen LogP contribution >= 0.6 is 34.0 Å². The zero-order chi connectivity index (χ0) is 21.9. The van der Waals surface area contributed by atoms with Crippen LogP contribution in [0.1, 0.15) is 48.0 Å². The second-order valence-corrected chi connectivity index (χ2v) is 12.2. The van der Waals surface area contributed by atoms with E-state index in [9.17, 15) is 0 Å². The number of benzene rings is 1. The predicted molar refractivity (Wildman–Crippen MR) is 139 cm³/mol. The van der Waals surface area contributed by atoms with Crippen LogP contribution in [0.4, 0.5) is 0 Å². The molecule has 4 aromatic rings. The van der Waals surface area contributed by atoms with Crippen LogP contribution in [0.15, 0.2) is 18.2 Å². The van der Waals surface area contributed by atoms with Gasteiger partial charge in [0.2, 0.25) is 0 Å². The fourth-order valence-electron chi connectivity index (χ4n) is 4.07. The van der Waals surface area contributed by atoms with Gasteiger partial charge in [-0.2, -0.15) is 0 Å². The highest BCUT2D eigenvalue weighted by Crippen LogP contribution is 2.44. The summed E-state index contributed by atoms with van der Waals surface area (Å²) in [5, 5.41) is 0. The summed E-state index contributed by atoms with van der Waals surface area (Å²) in [4.78, 5) is 8.52. The molecule has 0 bridgehead atoms. The molecule has 3 heterocycles. The molecule has 0 unspecified atom stereocenters. The molecule has 0 aliphatic heterocycles. The number of aryl methyl sites for hydroxylation is 3. The lowest BCUT2D eigenvalue weighted by Gasteiger charge is -2.11. The Hall–Kier alpha value is -1.68. The maximum absolute atomic E-state index is 2.42. The predicted octanol–water partition coefficient (Wildman–Crippen LogP) is 9.65. The molecule has 1 aromatic carbocycles. The third kappa shape index (κ3) is 3.41. The van der Waals surface area contributed by atoms with Gasteiger partial charge in [0.25, 0.3) is 0 Å². The van der Waals surface area contributed by atoms with Crippen molar-refractivity contribution in [1.29, 1.82) is 0 Å². The van der Waals surface area contributed by atoms with Crippen molar-refractivity contribution in [3.05, 3.63) is 66.2 Å². The minimum atomic E-state index is 1.35. The Morgan fingerprint density at radius 2 is 0.600 bits per heavy atom. The number of thiophene rings is 3. The molecule has 0 saturated heterocycles. The monoisotopic (exact) mass is 450 g/mol. The fourth-order valence-corrected chi connectivity index (χ4v) is 7.53. The zero-order valence-electron chi connectivity index (χ0n) is 19.5. The summed E-state index contributed by atoms with van der Waals surface area (Å²) < 4.78 is 0. The SMILES string of the molecule is Cc1sc(-c2cc(-c3sc(C)c(C)c3C)cc(-c3sc(C)c(C)c3C)c2)c(C)c1C. The van der Waals surface area contributed by atoms with Crippen LogP contribution in [-0.2, 0) is 0 Å². The highest BCUT2D eigenvalue weighted by Gasteiger charge is 2.18. The third-order valence-electron chi connectivity index (χ3n) is 6.78. The van der Waals surface area contributed by atoms with Crippen molar-refractivity contribution in [2.45, 2.75) is 62.3 Å². The number of rotatable bonds is 3. The van der Waals surface area contributed by atoms with E-state index in [1.807, 2.05) is 34.0 Å². The molecule has 0 aliphatic carbocycles. The first-order valence-corrected chi connectivity index (χ1v) is 12.9. The van der Waals surface area contributed by atoms with Crippen LogP contribution in [0.2, 0.25) is 0 Å². The first-order chi connectivity index (χ1) is 14.1. The Balaban J connectivity index is 2.02. The largest absolute Gasteiger partial charge is 0.140 e. The first-order valence-electron chi connectivity index (χ1n) is 10.5. The lowest BCUT2D eigenvalue weighted by atomic mass is 9.97. The molecular formula is C27H30S3. The van der Waals surface area contributed by atoms with E-state index in [0.29, 0.717) is 0 Å². The summed E-state index contributed by atoms with van der Waals surface area (Å²) in [6.07, 6.45) is 0. The van der Waals surface area contributed by atoms with Gasteiger partial charge in [-0.3, -0.25) is 0 Å². The topological polar surface area (TPSA) is 0 Å². The van der Waals surface area contributed by atoms with E-state index >= 15 is 0 Å². The minimum absolute atomic E-state index is 1.35. The number of hydrogen-bond donors (Lipinski definition) is 0. The molecule has 0 fully saturated rings. The Morgan fingerprint density at radius 3 is 0.767 bits per heavy atom. The number of hydrogen-bond acceptors (Lipinski definition) is 3. The van der Waals surface area contributed by atoms with Crippen molar-refractivity contribution in [3.8, 4) is 31.3 Å². The van der Waals surface area contributed by atoms with Gasteiger partial charge < -0.3 is 0 Å². The molecule has 30 heavy (non-hydrogen) atoms. The van der Waals surface area contributed by atoms with Crippen LogP contribution in [0.3, 0.4) is 0 Å². The molecule has 0 spiro atoms. The van der Waals surface area contributed by atoms with E-state index in [0.717, 1.165) is 0 Å². The fraction of sp³-hybridized carbons (Fsp3) is 0.333. The Morgan fingerprint density at radius 1 is 0.367 bits per heavy atom. The molecule has 3 aromatic heterocycles. The van der Waals surface area contributed by atoms with Gasteiger partial charge in [-0.05, 0) is 131 Å². The average Bonchev–Trinajstić information content (AvgIpc) is 3.25. The van der Waals surface area contributed by atoms with Crippen LogP contribution in [0.25, 0.3) is 31.3 Å². The molecular weight excluding hydrogens is 420 g/mol. The van der Waals surface area contributed by atoms with E-state index in [1.165, 1.54) is 79.3 Å². The van der Waals surface area contributed by atoms with Gasteiger partial charge in [0.15, 0.2) is 0 Å². The van der Waals surface area contributed by atoms with Crippen LogP contribution in [-0.4, -0.2) is 0 Å². The van der Waals surface area contributed by atoms with Crippen molar-refractivity contribution in [3.63, 3.8) is 0 Å². The van der Waals surface area contributed by atoms with Crippen molar-refractivity contribution in [2.75, 3.05) is 0 Å². The molecule has 0 amide bonds. The quantitative estimate of drug-likeness (QED) is 0.291. The van der Waals surface area contributed by atoms with E-state index in [2.05, 4.69) is 80.5 Å². The van der Waals surface area contributed by atoms with Crippen molar-refractivity contribution < 1.29 is 0 Å². The molecule has 3 heteroatoms. The summed E-state index contributed by atoms with van der Waals surface area (Å²) in [7, 11) is 0. The molecule has 156 valence electrons. The summed E-state index contributed by atoms with van der Waals surface area (Å²) in [6.45, 7) is 20.3. The van der Waals surface area contributed by atoms with E-state index in [4.69, 9.17) is 0 Å². The Bertz CT molecular complexity index is 1100. The molecule has 0 nitrogen and oxygen atoms in total. The zero-order valence-corrected chi connectivity index (χ0v) is 21.9. The van der Waals surface area contributed by atoms with E-state index in [1.54, 1.807) is 0 Å². The maximum atomic E-state index is 2.42. The normalized spacial score (nSPS) is 11.5. The Labute approximate surface area is 193 Å². The standard InChI is InChI=1S/C27H30S3/c1-13-16(4)25(28-19(13)7)22-10-23(26-17(5)14(2)20(8)29-26)12-24(11-22)27-18(6)15(3)21(9)30-27/h10-12H,1-9H3. The van der Waals surface area contributed by atoms with Crippen molar-refractivity contribution >= 4 is 34.0 Å².